The summed E-state index contributed by atoms with van der Waals surface area (Å²) in [6.07, 6.45) is 8.56. The summed E-state index contributed by atoms with van der Waals surface area (Å²) in [4.78, 5) is 20.6. The summed E-state index contributed by atoms with van der Waals surface area (Å²) in [6, 6.07) is 3.77. The van der Waals surface area contributed by atoms with Gasteiger partial charge in [0.1, 0.15) is 10.6 Å². The van der Waals surface area contributed by atoms with Gasteiger partial charge in [0.05, 0.1) is 24.3 Å². The molecule has 2 aliphatic rings. The Morgan fingerprint density at radius 1 is 1.30 bits per heavy atom. The summed E-state index contributed by atoms with van der Waals surface area (Å²) in [5.41, 5.74) is 1.31. The van der Waals surface area contributed by atoms with Gasteiger partial charge in [0.25, 0.3) is 5.56 Å². The third-order valence-corrected chi connectivity index (χ3v) is 7.65. The van der Waals surface area contributed by atoms with Gasteiger partial charge in [-0.3, -0.25) is 9.36 Å². The van der Waals surface area contributed by atoms with Crippen LogP contribution in [0.15, 0.2) is 32.8 Å². The second kappa shape index (κ2) is 7.45. The minimum Gasteiger partial charge on any atom is -0.467 e. The molecule has 0 bridgehead atoms. The van der Waals surface area contributed by atoms with E-state index in [2.05, 4.69) is 0 Å². The van der Waals surface area contributed by atoms with E-state index < -0.39 is 0 Å². The number of thiophene rings is 1. The van der Waals surface area contributed by atoms with E-state index in [4.69, 9.17) is 14.1 Å². The summed E-state index contributed by atoms with van der Waals surface area (Å²) in [7, 11) is 0. The number of furan rings is 1. The average molecular weight is 403 g/mol. The molecule has 4 heterocycles. The van der Waals surface area contributed by atoms with Crippen molar-refractivity contribution in [2.75, 3.05) is 12.4 Å². The largest absolute Gasteiger partial charge is 0.467 e. The number of fused-ring (bicyclic) bond motifs is 3. The number of rotatable bonds is 5. The Morgan fingerprint density at radius 3 is 3.04 bits per heavy atom. The molecule has 1 aliphatic carbocycles. The molecule has 0 N–H and O–H groups in total. The number of ether oxygens (including phenoxy) is 1. The molecule has 1 atom stereocenters. The summed E-state index contributed by atoms with van der Waals surface area (Å²) < 4.78 is 13.1. The van der Waals surface area contributed by atoms with Gasteiger partial charge in [-0.2, -0.15) is 0 Å². The molecule has 0 amide bonds. The van der Waals surface area contributed by atoms with Crippen LogP contribution in [0.2, 0.25) is 0 Å². The van der Waals surface area contributed by atoms with E-state index in [-0.39, 0.29) is 11.7 Å². The molecule has 1 fully saturated rings. The van der Waals surface area contributed by atoms with Crippen LogP contribution in [-0.4, -0.2) is 28.0 Å². The van der Waals surface area contributed by atoms with Gasteiger partial charge in [-0.25, -0.2) is 4.98 Å². The lowest BCUT2D eigenvalue weighted by Gasteiger charge is -2.14. The molecule has 5 nitrogen and oxygen atoms in total. The number of thioether (sulfide) groups is 1. The zero-order chi connectivity index (χ0) is 18.2. The predicted octanol–water partition coefficient (Wildman–Crippen LogP) is 4.25. The van der Waals surface area contributed by atoms with Crippen molar-refractivity contribution in [1.82, 2.24) is 9.55 Å². The van der Waals surface area contributed by atoms with Crippen molar-refractivity contribution in [2.45, 2.75) is 56.3 Å². The average Bonchev–Trinajstić information content (AvgIpc) is 3.43. The van der Waals surface area contributed by atoms with Crippen molar-refractivity contribution in [3.8, 4) is 0 Å². The maximum absolute atomic E-state index is 13.4. The molecule has 1 aliphatic heterocycles. The first-order chi connectivity index (χ1) is 13.3. The summed E-state index contributed by atoms with van der Waals surface area (Å²) in [5.74, 6) is 1.61. The van der Waals surface area contributed by atoms with Crippen molar-refractivity contribution in [3.63, 3.8) is 0 Å². The van der Waals surface area contributed by atoms with Crippen LogP contribution >= 0.6 is 23.1 Å². The highest BCUT2D eigenvalue weighted by Gasteiger charge is 2.24. The zero-order valence-electron chi connectivity index (χ0n) is 15.1. The Labute approximate surface area is 165 Å². The lowest BCUT2D eigenvalue weighted by atomic mass is 9.97. The Balaban J connectivity index is 1.58. The third-order valence-electron chi connectivity index (χ3n) is 5.36. The molecular weight excluding hydrogens is 380 g/mol. The van der Waals surface area contributed by atoms with E-state index in [0.29, 0.717) is 6.54 Å². The maximum Gasteiger partial charge on any atom is 0.263 e. The van der Waals surface area contributed by atoms with E-state index in [1.807, 2.05) is 12.1 Å². The fourth-order valence-corrected chi connectivity index (χ4v) is 6.34. The van der Waals surface area contributed by atoms with Crippen LogP contribution in [0.1, 0.15) is 41.9 Å². The quantitative estimate of drug-likeness (QED) is 0.472. The number of hydrogen-bond donors (Lipinski definition) is 0. The van der Waals surface area contributed by atoms with Crippen LogP contribution in [0.5, 0.6) is 0 Å². The van der Waals surface area contributed by atoms with Gasteiger partial charge in [0.2, 0.25) is 0 Å². The first kappa shape index (κ1) is 17.5. The summed E-state index contributed by atoms with van der Waals surface area (Å²) >= 11 is 3.34. The third kappa shape index (κ3) is 3.37. The fourth-order valence-electron chi connectivity index (χ4n) is 3.97. The van der Waals surface area contributed by atoms with Gasteiger partial charge in [-0.1, -0.05) is 11.8 Å². The molecule has 3 aromatic rings. The number of aryl methyl sites for hydroxylation is 2. The monoisotopic (exact) mass is 402 g/mol. The Morgan fingerprint density at radius 2 is 2.22 bits per heavy atom. The summed E-state index contributed by atoms with van der Waals surface area (Å²) in [6.45, 7) is 1.27. The molecule has 0 spiro atoms. The smallest absolute Gasteiger partial charge is 0.263 e. The molecule has 142 valence electrons. The van der Waals surface area contributed by atoms with E-state index in [1.165, 1.54) is 16.9 Å². The van der Waals surface area contributed by atoms with E-state index >= 15 is 0 Å². The molecule has 3 aromatic heterocycles. The molecule has 0 radical (unpaired) electrons. The first-order valence-corrected chi connectivity index (χ1v) is 11.4. The van der Waals surface area contributed by atoms with Gasteiger partial charge >= 0.3 is 0 Å². The highest BCUT2D eigenvalue weighted by Crippen LogP contribution is 2.35. The lowest BCUT2D eigenvalue weighted by Crippen LogP contribution is -2.24. The van der Waals surface area contributed by atoms with Crippen molar-refractivity contribution < 1.29 is 9.15 Å². The van der Waals surface area contributed by atoms with Crippen LogP contribution in [0, 0.1) is 0 Å². The van der Waals surface area contributed by atoms with Gasteiger partial charge in [-0.15, -0.1) is 11.3 Å². The minimum absolute atomic E-state index is 0.0747. The van der Waals surface area contributed by atoms with Crippen molar-refractivity contribution >= 4 is 33.3 Å². The van der Waals surface area contributed by atoms with Gasteiger partial charge < -0.3 is 9.15 Å². The Hall–Kier alpha value is -1.57. The van der Waals surface area contributed by atoms with Gasteiger partial charge in [0.15, 0.2) is 5.16 Å². The van der Waals surface area contributed by atoms with E-state index in [1.54, 1.807) is 33.9 Å². The molecule has 0 aromatic carbocycles. The topological polar surface area (TPSA) is 57.3 Å². The normalized spacial score (nSPS) is 19.6. The molecule has 0 unspecified atom stereocenters. The zero-order valence-corrected chi connectivity index (χ0v) is 16.7. The predicted molar refractivity (Wildman–Crippen MR) is 108 cm³/mol. The molecular formula is C20H22N2O3S2. The van der Waals surface area contributed by atoms with Crippen LogP contribution < -0.4 is 5.56 Å². The highest BCUT2D eigenvalue weighted by molar-refractivity contribution is 7.99. The van der Waals surface area contributed by atoms with E-state index in [9.17, 15) is 4.79 Å². The van der Waals surface area contributed by atoms with Gasteiger partial charge in [-0.05, 0) is 56.2 Å². The maximum atomic E-state index is 13.4. The first-order valence-electron chi connectivity index (χ1n) is 9.61. The molecule has 5 rings (SSSR count). The number of nitrogens with zero attached hydrogens (tertiary/aromatic N) is 2. The molecule has 7 heteroatoms. The van der Waals surface area contributed by atoms with Crippen LogP contribution in [0.25, 0.3) is 10.2 Å². The summed E-state index contributed by atoms with van der Waals surface area (Å²) in [5, 5.41) is 1.61. The minimum atomic E-state index is 0.0747. The van der Waals surface area contributed by atoms with E-state index in [0.717, 1.165) is 65.6 Å². The Kier molecular flexibility index (Phi) is 4.83. The fraction of sp³-hybridized carbons (Fsp3) is 0.500. The molecule has 1 saturated heterocycles. The van der Waals surface area contributed by atoms with Crippen molar-refractivity contribution in [3.05, 3.63) is 45.0 Å². The number of aromatic nitrogens is 2. The van der Waals surface area contributed by atoms with Crippen LogP contribution in [-0.2, 0) is 24.1 Å². The SMILES string of the molecule is O=c1c2c3c(sc2nc(SC[C@@H]2CCCO2)n1Cc1ccco1)CCCC3. The van der Waals surface area contributed by atoms with Crippen LogP contribution in [0.3, 0.4) is 0 Å². The Bertz CT molecular complexity index is 1000. The second-order valence-corrected chi connectivity index (χ2v) is 9.27. The molecule has 0 saturated carbocycles. The highest BCUT2D eigenvalue weighted by atomic mass is 32.2. The van der Waals surface area contributed by atoms with Crippen molar-refractivity contribution in [1.29, 1.82) is 0 Å². The lowest BCUT2D eigenvalue weighted by molar-refractivity contribution is 0.129. The van der Waals surface area contributed by atoms with Crippen molar-refractivity contribution in [2.24, 2.45) is 0 Å². The second-order valence-electron chi connectivity index (χ2n) is 7.20. The van der Waals surface area contributed by atoms with Gasteiger partial charge in [0, 0.05) is 17.2 Å². The van der Waals surface area contributed by atoms with Crippen LogP contribution in [0.4, 0.5) is 0 Å². The standard InChI is InChI=1S/C20H22N2O3S2/c23-19-17-15-7-1-2-8-16(15)27-18(17)21-20(26-12-14-6-4-10-25-14)22(19)11-13-5-3-9-24-13/h3,5,9,14H,1-2,4,6-8,10-12H2/t14-/m0/s1. The molecule has 27 heavy (non-hydrogen) atoms. The number of hydrogen-bond acceptors (Lipinski definition) is 6.